The van der Waals surface area contributed by atoms with Crippen molar-refractivity contribution in [1.82, 2.24) is 4.98 Å². The van der Waals surface area contributed by atoms with Crippen molar-refractivity contribution in [1.29, 1.82) is 0 Å². The van der Waals surface area contributed by atoms with Gasteiger partial charge in [-0.05, 0) is 53.0 Å². The van der Waals surface area contributed by atoms with Crippen LogP contribution in [0.5, 0.6) is 5.75 Å². The molecule has 0 bridgehead atoms. The summed E-state index contributed by atoms with van der Waals surface area (Å²) in [5.74, 6) is 0.474. The number of halogens is 1. The molecule has 5 heteroatoms. The summed E-state index contributed by atoms with van der Waals surface area (Å²) in [5.41, 5.74) is 2.24. The lowest BCUT2D eigenvalue weighted by molar-refractivity contribution is 0.102. The Morgan fingerprint density at radius 3 is 2.86 bits per heavy atom. The van der Waals surface area contributed by atoms with Crippen LogP contribution in [0, 0.1) is 6.92 Å². The molecule has 0 fully saturated rings. The molecule has 4 nitrogen and oxygen atoms in total. The Labute approximate surface area is 132 Å². The molecule has 0 aliphatic rings. The molecule has 1 heterocycles. The van der Waals surface area contributed by atoms with Crippen LogP contribution < -0.4 is 10.1 Å². The zero-order valence-corrected chi connectivity index (χ0v) is 13.6. The Bertz CT molecular complexity index is 644. The van der Waals surface area contributed by atoms with Crippen LogP contribution in [0.1, 0.15) is 29.3 Å². The van der Waals surface area contributed by atoms with Crippen LogP contribution in [0.4, 0.5) is 5.69 Å². The van der Waals surface area contributed by atoms with Crippen LogP contribution in [-0.2, 0) is 0 Å². The number of ether oxygens (including phenoxy) is 1. The second kappa shape index (κ2) is 7.22. The molecule has 1 aromatic carbocycles. The highest BCUT2D eigenvalue weighted by Gasteiger charge is 2.11. The van der Waals surface area contributed by atoms with Gasteiger partial charge in [0, 0.05) is 16.9 Å². The van der Waals surface area contributed by atoms with Crippen LogP contribution in [0.3, 0.4) is 0 Å². The van der Waals surface area contributed by atoms with E-state index in [0.29, 0.717) is 23.6 Å². The molecule has 0 aliphatic carbocycles. The first-order chi connectivity index (χ1) is 10.1. The van der Waals surface area contributed by atoms with Crippen molar-refractivity contribution >= 4 is 27.5 Å². The molecular weight excluding hydrogens is 332 g/mol. The monoisotopic (exact) mass is 348 g/mol. The third kappa shape index (κ3) is 4.29. The van der Waals surface area contributed by atoms with E-state index in [1.165, 1.54) is 6.20 Å². The molecule has 0 saturated carbocycles. The lowest BCUT2D eigenvalue weighted by Crippen LogP contribution is -2.13. The van der Waals surface area contributed by atoms with E-state index in [9.17, 15) is 4.79 Å². The average Bonchev–Trinajstić information content (AvgIpc) is 2.47. The van der Waals surface area contributed by atoms with Crippen molar-refractivity contribution in [3.8, 4) is 5.75 Å². The molecule has 0 radical (unpaired) electrons. The van der Waals surface area contributed by atoms with Gasteiger partial charge in [-0.1, -0.05) is 13.0 Å². The third-order valence-electron chi connectivity index (χ3n) is 2.81. The highest BCUT2D eigenvalue weighted by atomic mass is 79.9. The maximum Gasteiger partial charge on any atom is 0.257 e. The molecule has 1 amide bonds. The molecule has 110 valence electrons. The number of hydrogen-bond donors (Lipinski definition) is 1. The predicted molar refractivity (Wildman–Crippen MR) is 86.9 cm³/mol. The van der Waals surface area contributed by atoms with Crippen molar-refractivity contribution in [2.24, 2.45) is 0 Å². The number of amides is 1. The van der Waals surface area contributed by atoms with E-state index in [-0.39, 0.29) is 5.91 Å². The largest absolute Gasteiger partial charge is 0.491 e. The van der Waals surface area contributed by atoms with E-state index < -0.39 is 0 Å². The van der Waals surface area contributed by atoms with E-state index in [0.717, 1.165) is 16.5 Å². The molecular formula is C16H17BrN2O2. The second-order valence-electron chi connectivity index (χ2n) is 4.69. The SMILES string of the molecule is CCCOc1cc(C)ccc1NC(=O)c1cncc(Br)c1. The molecule has 2 rings (SSSR count). The Hall–Kier alpha value is -1.88. The first kappa shape index (κ1) is 15.5. The van der Waals surface area contributed by atoms with Crippen LogP contribution in [-0.4, -0.2) is 17.5 Å². The van der Waals surface area contributed by atoms with E-state index in [4.69, 9.17) is 4.74 Å². The van der Waals surface area contributed by atoms with Gasteiger partial charge in [0.05, 0.1) is 17.9 Å². The summed E-state index contributed by atoms with van der Waals surface area (Å²) in [6.45, 7) is 4.65. The Balaban J connectivity index is 2.20. The number of benzene rings is 1. The van der Waals surface area contributed by atoms with Crippen LogP contribution in [0.15, 0.2) is 41.1 Å². The zero-order valence-electron chi connectivity index (χ0n) is 12.0. The molecule has 1 aromatic heterocycles. The molecule has 1 N–H and O–H groups in total. The van der Waals surface area contributed by atoms with Gasteiger partial charge in [-0.25, -0.2) is 0 Å². The molecule has 0 aliphatic heterocycles. The Kier molecular flexibility index (Phi) is 5.33. The number of nitrogens with one attached hydrogen (secondary N) is 1. The van der Waals surface area contributed by atoms with Crippen molar-refractivity contribution in [2.45, 2.75) is 20.3 Å². The van der Waals surface area contributed by atoms with E-state index in [1.807, 2.05) is 32.0 Å². The number of aryl methyl sites for hydroxylation is 1. The molecule has 0 unspecified atom stereocenters. The summed E-state index contributed by atoms with van der Waals surface area (Å²) in [6, 6.07) is 7.44. The number of nitrogens with zero attached hydrogens (tertiary/aromatic N) is 1. The van der Waals surface area contributed by atoms with Crippen molar-refractivity contribution in [2.75, 3.05) is 11.9 Å². The fourth-order valence-electron chi connectivity index (χ4n) is 1.79. The molecule has 0 spiro atoms. The number of carbonyl (C=O) groups excluding carboxylic acids is 1. The van der Waals surface area contributed by atoms with Gasteiger partial charge in [-0.15, -0.1) is 0 Å². The second-order valence-corrected chi connectivity index (χ2v) is 5.61. The minimum absolute atomic E-state index is 0.214. The van der Waals surface area contributed by atoms with Crippen molar-refractivity contribution < 1.29 is 9.53 Å². The number of anilines is 1. The van der Waals surface area contributed by atoms with Gasteiger partial charge >= 0.3 is 0 Å². The molecule has 0 saturated heterocycles. The summed E-state index contributed by atoms with van der Waals surface area (Å²) in [5, 5.41) is 2.87. The molecule has 21 heavy (non-hydrogen) atoms. The minimum Gasteiger partial charge on any atom is -0.491 e. The van der Waals surface area contributed by atoms with E-state index >= 15 is 0 Å². The smallest absolute Gasteiger partial charge is 0.257 e. The maximum atomic E-state index is 12.2. The van der Waals surface area contributed by atoms with Gasteiger partial charge in [-0.3, -0.25) is 9.78 Å². The lowest BCUT2D eigenvalue weighted by Gasteiger charge is -2.13. The Morgan fingerprint density at radius 1 is 1.33 bits per heavy atom. The predicted octanol–water partition coefficient (Wildman–Crippen LogP) is 4.19. The third-order valence-corrected chi connectivity index (χ3v) is 3.25. The van der Waals surface area contributed by atoms with Crippen LogP contribution in [0.2, 0.25) is 0 Å². The number of hydrogen-bond acceptors (Lipinski definition) is 3. The Morgan fingerprint density at radius 2 is 2.14 bits per heavy atom. The number of pyridine rings is 1. The lowest BCUT2D eigenvalue weighted by atomic mass is 10.2. The maximum absolute atomic E-state index is 12.2. The van der Waals surface area contributed by atoms with Gasteiger partial charge in [0.15, 0.2) is 0 Å². The topological polar surface area (TPSA) is 51.2 Å². The number of carbonyl (C=O) groups is 1. The fraction of sp³-hybridized carbons (Fsp3) is 0.250. The molecule has 2 aromatic rings. The summed E-state index contributed by atoms with van der Waals surface area (Å²) < 4.78 is 6.45. The van der Waals surface area contributed by atoms with Gasteiger partial charge < -0.3 is 10.1 Å². The van der Waals surface area contributed by atoms with E-state index in [1.54, 1.807) is 12.3 Å². The number of aromatic nitrogens is 1. The highest BCUT2D eigenvalue weighted by molar-refractivity contribution is 9.10. The summed E-state index contributed by atoms with van der Waals surface area (Å²) in [4.78, 5) is 16.2. The summed E-state index contributed by atoms with van der Waals surface area (Å²) >= 11 is 3.31. The number of rotatable bonds is 5. The summed E-state index contributed by atoms with van der Waals surface area (Å²) in [6.07, 6.45) is 4.08. The minimum atomic E-state index is -0.214. The van der Waals surface area contributed by atoms with E-state index in [2.05, 4.69) is 26.2 Å². The van der Waals surface area contributed by atoms with Crippen molar-refractivity contribution in [3.63, 3.8) is 0 Å². The van der Waals surface area contributed by atoms with Gasteiger partial charge in [0.2, 0.25) is 0 Å². The van der Waals surface area contributed by atoms with Crippen molar-refractivity contribution in [3.05, 3.63) is 52.3 Å². The van der Waals surface area contributed by atoms with Gasteiger partial charge in [0.25, 0.3) is 5.91 Å². The highest BCUT2D eigenvalue weighted by Crippen LogP contribution is 2.26. The van der Waals surface area contributed by atoms with Gasteiger partial charge in [-0.2, -0.15) is 0 Å². The standard InChI is InChI=1S/C16H17BrN2O2/c1-3-6-21-15-7-11(2)4-5-14(15)19-16(20)12-8-13(17)10-18-9-12/h4-5,7-10H,3,6H2,1-2H3,(H,19,20). The van der Waals surface area contributed by atoms with Crippen LogP contribution >= 0.6 is 15.9 Å². The van der Waals surface area contributed by atoms with Crippen LogP contribution in [0.25, 0.3) is 0 Å². The first-order valence-corrected chi connectivity index (χ1v) is 7.55. The first-order valence-electron chi connectivity index (χ1n) is 6.75. The van der Waals surface area contributed by atoms with Gasteiger partial charge in [0.1, 0.15) is 5.75 Å². The quantitative estimate of drug-likeness (QED) is 0.880. The average molecular weight is 349 g/mol. The fourth-order valence-corrected chi connectivity index (χ4v) is 2.16. The normalized spacial score (nSPS) is 10.2. The summed E-state index contributed by atoms with van der Waals surface area (Å²) in [7, 11) is 0. The molecule has 0 atom stereocenters. The zero-order chi connectivity index (χ0) is 15.2.